The van der Waals surface area contributed by atoms with E-state index < -0.39 is 5.97 Å². The molecule has 146 valence electrons. The molecule has 0 radical (unpaired) electrons. The van der Waals surface area contributed by atoms with E-state index in [-0.39, 0.29) is 5.56 Å². The van der Waals surface area contributed by atoms with E-state index in [0.29, 0.717) is 18.0 Å². The third-order valence-electron chi connectivity index (χ3n) is 4.94. The number of aromatic carboxylic acids is 1. The molecule has 3 aromatic rings. The molecule has 1 aromatic carbocycles. The van der Waals surface area contributed by atoms with Crippen molar-refractivity contribution in [3.05, 3.63) is 65.5 Å². The van der Waals surface area contributed by atoms with E-state index in [1.54, 1.807) is 6.20 Å². The van der Waals surface area contributed by atoms with Gasteiger partial charge in [-0.15, -0.1) is 0 Å². The second kappa shape index (κ2) is 8.78. The molecule has 1 N–H and O–H groups in total. The molecule has 0 bridgehead atoms. The monoisotopic (exact) mass is 378 g/mol. The third-order valence-corrected chi connectivity index (χ3v) is 4.94. The van der Waals surface area contributed by atoms with Crippen molar-refractivity contribution in [1.82, 2.24) is 19.7 Å². The average Bonchev–Trinajstić information content (AvgIpc) is 3.10. The largest absolute Gasteiger partial charge is 0.478 e. The van der Waals surface area contributed by atoms with Gasteiger partial charge in [-0.1, -0.05) is 45.0 Å². The van der Waals surface area contributed by atoms with Gasteiger partial charge in [0.05, 0.1) is 12.1 Å². The molecule has 3 rings (SSSR count). The number of nitrogens with zero attached hydrogens (tertiary/aromatic N) is 4. The van der Waals surface area contributed by atoms with Crippen molar-refractivity contribution < 1.29 is 9.90 Å². The van der Waals surface area contributed by atoms with Crippen molar-refractivity contribution in [2.24, 2.45) is 0 Å². The molecule has 6 heteroatoms. The minimum absolute atomic E-state index is 0.252. The number of pyridine rings is 1. The van der Waals surface area contributed by atoms with Crippen molar-refractivity contribution in [2.75, 3.05) is 0 Å². The highest BCUT2D eigenvalue weighted by atomic mass is 16.4. The van der Waals surface area contributed by atoms with Crippen LogP contribution in [0.5, 0.6) is 0 Å². The first-order valence-corrected chi connectivity index (χ1v) is 9.73. The van der Waals surface area contributed by atoms with Crippen LogP contribution in [0.4, 0.5) is 0 Å². The minimum Gasteiger partial charge on any atom is -0.478 e. The number of hydrogen-bond acceptors (Lipinski definition) is 4. The predicted octanol–water partition coefficient (Wildman–Crippen LogP) is 4.55. The third kappa shape index (κ3) is 4.27. The van der Waals surface area contributed by atoms with Crippen molar-refractivity contribution in [1.29, 1.82) is 0 Å². The smallest absolute Gasteiger partial charge is 0.336 e. The maximum absolute atomic E-state index is 11.4. The number of benzene rings is 1. The molecule has 0 aliphatic heterocycles. The number of rotatable bonds is 8. The normalized spacial score (nSPS) is 12.1. The average molecular weight is 378 g/mol. The van der Waals surface area contributed by atoms with Crippen LogP contribution in [0, 0.1) is 0 Å². The molecule has 6 nitrogen and oxygen atoms in total. The highest BCUT2D eigenvalue weighted by molar-refractivity contribution is 5.95. The van der Waals surface area contributed by atoms with Gasteiger partial charge in [0, 0.05) is 30.3 Å². The van der Waals surface area contributed by atoms with Crippen LogP contribution in [0.3, 0.4) is 0 Å². The zero-order valence-electron chi connectivity index (χ0n) is 16.6. The van der Waals surface area contributed by atoms with Crippen LogP contribution >= 0.6 is 0 Å². The van der Waals surface area contributed by atoms with Crippen LogP contribution in [0.15, 0.2) is 42.7 Å². The Morgan fingerprint density at radius 2 is 1.93 bits per heavy atom. The van der Waals surface area contributed by atoms with Gasteiger partial charge in [-0.05, 0) is 30.0 Å². The SMILES string of the molecule is CCCc1nc(C(C)CC)nn1Cc1ccc(-c2cnccc2C(=O)O)cc1. The van der Waals surface area contributed by atoms with Crippen LogP contribution in [-0.2, 0) is 13.0 Å². The fourth-order valence-corrected chi connectivity index (χ4v) is 3.09. The second-order valence-corrected chi connectivity index (χ2v) is 7.03. The standard InChI is InChI=1S/C22H26N4O2/c1-4-6-20-24-21(15(3)5-2)25-26(20)14-16-7-9-17(10-8-16)19-13-23-12-11-18(19)22(27)28/h7-13,15H,4-6,14H2,1-3H3,(H,27,28). The number of hydrogen-bond donors (Lipinski definition) is 1. The summed E-state index contributed by atoms with van der Waals surface area (Å²) in [6, 6.07) is 9.41. The molecular formula is C22H26N4O2. The lowest BCUT2D eigenvalue weighted by atomic mass is 10.0. The number of aryl methyl sites for hydroxylation is 1. The Balaban J connectivity index is 1.85. The summed E-state index contributed by atoms with van der Waals surface area (Å²) in [6.45, 7) is 7.09. The topological polar surface area (TPSA) is 80.9 Å². The molecule has 0 fully saturated rings. The zero-order valence-corrected chi connectivity index (χ0v) is 16.6. The van der Waals surface area contributed by atoms with E-state index in [0.717, 1.165) is 42.0 Å². The highest BCUT2D eigenvalue weighted by Crippen LogP contribution is 2.24. The van der Waals surface area contributed by atoms with Gasteiger partial charge in [0.25, 0.3) is 0 Å². The van der Waals surface area contributed by atoms with Crippen molar-refractivity contribution in [3.8, 4) is 11.1 Å². The zero-order chi connectivity index (χ0) is 20.1. The molecular weight excluding hydrogens is 352 g/mol. The molecule has 2 aromatic heterocycles. The van der Waals surface area contributed by atoms with E-state index in [4.69, 9.17) is 10.1 Å². The first-order chi connectivity index (χ1) is 13.5. The lowest BCUT2D eigenvalue weighted by molar-refractivity contribution is 0.0697. The van der Waals surface area contributed by atoms with E-state index >= 15 is 0 Å². The summed E-state index contributed by atoms with van der Waals surface area (Å²) in [6.07, 6.45) is 6.03. The van der Waals surface area contributed by atoms with Gasteiger partial charge in [-0.3, -0.25) is 4.98 Å². The Labute approximate surface area is 165 Å². The number of carboxylic acids is 1. The maximum atomic E-state index is 11.4. The van der Waals surface area contributed by atoms with Crippen molar-refractivity contribution in [2.45, 2.75) is 52.5 Å². The summed E-state index contributed by atoms with van der Waals surface area (Å²) < 4.78 is 1.99. The van der Waals surface area contributed by atoms with Crippen LogP contribution in [-0.4, -0.2) is 30.8 Å². The predicted molar refractivity (Wildman–Crippen MR) is 108 cm³/mol. The van der Waals surface area contributed by atoms with Gasteiger partial charge in [0.1, 0.15) is 5.82 Å². The molecule has 1 atom stereocenters. The molecule has 0 aliphatic rings. The molecule has 0 amide bonds. The lowest BCUT2D eigenvalue weighted by Gasteiger charge is -2.08. The molecule has 1 unspecified atom stereocenters. The number of carbonyl (C=O) groups is 1. The summed E-state index contributed by atoms with van der Waals surface area (Å²) in [5.41, 5.74) is 2.81. The Kier molecular flexibility index (Phi) is 6.19. The van der Waals surface area contributed by atoms with Crippen LogP contribution < -0.4 is 0 Å². The van der Waals surface area contributed by atoms with Gasteiger partial charge in [0.15, 0.2) is 5.82 Å². The Morgan fingerprint density at radius 3 is 2.57 bits per heavy atom. The molecule has 0 saturated carbocycles. The number of carboxylic acid groups (broad SMARTS) is 1. The van der Waals surface area contributed by atoms with Crippen LogP contribution in [0.2, 0.25) is 0 Å². The van der Waals surface area contributed by atoms with Gasteiger partial charge >= 0.3 is 5.97 Å². The van der Waals surface area contributed by atoms with Crippen molar-refractivity contribution >= 4 is 5.97 Å². The first-order valence-electron chi connectivity index (χ1n) is 9.73. The van der Waals surface area contributed by atoms with E-state index in [9.17, 15) is 9.90 Å². The Hall–Kier alpha value is -3.02. The van der Waals surface area contributed by atoms with Crippen LogP contribution in [0.25, 0.3) is 11.1 Å². The Bertz CT molecular complexity index is 947. The van der Waals surface area contributed by atoms with Crippen LogP contribution in [0.1, 0.15) is 67.1 Å². The number of aromatic nitrogens is 4. The van der Waals surface area contributed by atoms with E-state index in [2.05, 4.69) is 25.8 Å². The molecule has 28 heavy (non-hydrogen) atoms. The molecule has 0 aliphatic carbocycles. The minimum atomic E-state index is -0.953. The van der Waals surface area contributed by atoms with Gasteiger partial charge < -0.3 is 5.11 Å². The summed E-state index contributed by atoms with van der Waals surface area (Å²) in [5.74, 6) is 1.32. The fourth-order valence-electron chi connectivity index (χ4n) is 3.09. The first kappa shape index (κ1) is 19.7. The summed E-state index contributed by atoms with van der Waals surface area (Å²) in [5, 5.41) is 14.1. The van der Waals surface area contributed by atoms with E-state index in [1.807, 2.05) is 28.9 Å². The quantitative estimate of drug-likeness (QED) is 0.622. The molecule has 0 spiro atoms. The second-order valence-electron chi connectivity index (χ2n) is 7.03. The van der Waals surface area contributed by atoms with E-state index in [1.165, 1.54) is 12.3 Å². The maximum Gasteiger partial charge on any atom is 0.336 e. The summed E-state index contributed by atoms with van der Waals surface area (Å²) in [7, 11) is 0. The lowest BCUT2D eigenvalue weighted by Crippen LogP contribution is -2.07. The highest BCUT2D eigenvalue weighted by Gasteiger charge is 2.15. The van der Waals surface area contributed by atoms with Gasteiger partial charge in [0.2, 0.25) is 0 Å². The summed E-state index contributed by atoms with van der Waals surface area (Å²) in [4.78, 5) is 20.2. The fraction of sp³-hybridized carbons (Fsp3) is 0.364. The van der Waals surface area contributed by atoms with Gasteiger partial charge in [-0.25, -0.2) is 14.5 Å². The Morgan fingerprint density at radius 1 is 1.18 bits per heavy atom. The molecule has 2 heterocycles. The molecule has 0 saturated heterocycles. The van der Waals surface area contributed by atoms with Crippen molar-refractivity contribution in [3.63, 3.8) is 0 Å². The summed E-state index contributed by atoms with van der Waals surface area (Å²) >= 11 is 0. The van der Waals surface area contributed by atoms with Gasteiger partial charge in [-0.2, -0.15) is 5.10 Å².